The molecule has 0 unspecified atom stereocenters. The zero-order chi connectivity index (χ0) is 8.27. The van der Waals surface area contributed by atoms with Crippen LogP contribution < -0.4 is 10.5 Å². The first-order chi connectivity index (χ1) is 5.18. The molecule has 4 heteroatoms. The zero-order valence-electron chi connectivity index (χ0n) is 5.58. The van der Waals surface area contributed by atoms with Crippen molar-refractivity contribution >= 4 is 6.09 Å². The van der Waals surface area contributed by atoms with Crippen LogP contribution in [-0.2, 0) is 0 Å². The summed E-state index contributed by atoms with van der Waals surface area (Å²) < 4.78 is 16.8. The maximum atomic E-state index is 12.4. The predicted octanol–water partition coefficient (Wildman–Crippen LogP) is 1.28. The van der Waals surface area contributed by atoms with E-state index < -0.39 is 11.9 Å². The van der Waals surface area contributed by atoms with Crippen molar-refractivity contribution < 1.29 is 13.9 Å². The Hall–Kier alpha value is -1.58. The minimum absolute atomic E-state index is 0.109. The molecule has 3 nitrogen and oxygen atoms in total. The summed E-state index contributed by atoms with van der Waals surface area (Å²) in [5, 5.41) is 0. The first-order valence-corrected chi connectivity index (χ1v) is 2.91. The average Bonchev–Trinajstić information content (AvgIpc) is 1.85. The molecule has 0 heterocycles. The Morgan fingerprint density at radius 1 is 1.55 bits per heavy atom. The molecule has 1 rings (SSSR count). The van der Waals surface area contributed by atoms with Gasteiger partial charge in [0.1, 0.15) is 11.6 Å². The van der Waals surface area contributed by atoms with Gasteiger partial charge in [0, 0.05) is 6.07 Å². The molecule has 1 amide bonds. The van der Waals surface area contributed by atoms with Crippen molar-refractivity contribution in [2.75, 3.05) is 0 Å². The van der Waals surface area contributed by atoms with Crippen molar-refractivity contribution in [3.8, 4) is 5.75 Å². The predicted molar refractivity (Wildman–Crippen MR) is 36.6 cm³/mol. The van der Waals surface area contributed by atoms with E-state index in [1.54, 1.807) is 0 Å². The normalized spacial score (nSPS) is 9.18. The molecule has 0 atom stereocenters. The Bertz CT molecular complexity index is 275. The van der Waals surface area contributed by atoms with Crippen molar-refractivity contribution in [1.82, 2.24) is 0 Å². The fourth-order valence-electron chi connectivity index (χ4n) is 0.647. The highest BCUT2D eigenvalue weighted by Crippen LogP contribution is 2.11. The number of primary amides is 1. The molecule has 0 saturated heterocycles. The number of benzene rings is 1. The summed E-state index contributed by atoms with van der Waals surface area (Å²) in [4.78, 5) is 10.2. The quantitative estimate of drug-likeness (QED) is 0.664. The average molecular weight is 155 g/mol. The van der Waals surface area contributed by atoms with E-state index in [1.165, 1.54) is 18.2 Å². The van der Waals surface area contributed by atoms with Gasteiger partial charge in [-0.15, -0.1) is 0 Å². The molecule has 0 aliphatic rings. The minimum Gasteiger partial charge on any atom is -0.410 e. The molecule has 58 valence electrons. The second kappa shape index (κ2) is 3.01. The van der Waals surface area contributed by atoms with Gasteiger partial charge in [0.15, 0.2) is 0 Å². The van der Waals surface area contributed by atoms with Crippen LogP contribution >= 0.6 is 0 Å². The highest BCUT2D eigenvalue weighted by Gasteiger charge is 1.98. The van der Waals surface area contributed by atoms with Gasteiger partial charge in [-0.1, -0.05) is 6.07 Å². The number of hydrogen-bond acceptors (Lipinski definition) is 2. The van der Waals surface area contributed by atoms with Gasteiger partial charge >= 0.3 is 6.09 Å². The lowest BCUT2D eigenvalue weighted by molar-refractivity contribution is 0.210. The van der Waals surface area contributed by atoms with Crippen LogP contribution in [-0.4, -0.2) is 6.09 Å². The van der Waals surface area contributed by atoms with E-state index in [2.05, 4.69) is 4.74 Å². The molecule has 0 radical (unpaired) electrons. The van der Waals surface area contributed by atoms with Gasteiger partial charge in [0.2, 0.25) is 0 Å². The van der Waals surface area contributed by atoms with E-state index in [1.807, 2.05) is 0 Å². The summed E-state index contributed by atoms with van der Waals surface area (Å²) in [6.45, 7) is 0. The maximum absolute atomic E-state index is 12.4. The molecule has 1 aromatic carbocycles. The molecule has 0 saturated carbocycles. The number of amides is 1. The van der Waals surface area contributed by atoms with Crippen LogP contribution in [0.25, 0.3) is 0 Å². The second-order valence-electron chi connectivity index (χ2n) is 1.88. The monoisotopic (exact) mass is 155 g/mol. The van der Waals surface area contributed by atoms with E-state index in [0.717, 1.165) is 6.07 Å². The number of nitrogens with two attached hydrogens (primary N) is 1. The third-order valence-corrected chi connectivity index (χ3v) is 1.01. The Kier molecular flexibility index (Phi) is 2.06. The van der Waals surface area contributed by atoms with Gasteiger partial charge in [-0.25, -0.2) is 9.18 Å². The standard InChI is InChI=1S/C7H6FNO2/c8-5-2-1-3-6(4-5)11-7(9)10/h1-4H,(H2,9,10). The number of hydrogen-bond donors (Lipinski definition) is 1. The molecule has 0 aromatic heterocycles. The Morgan fingerprint density at radius 2 is 2.27 bits per heavy atom. The van der Waals surface area contributed by atoms with Gasteiger partial charge in [0.25, 0.3) is 0 Å². The Balaban J connectivity index is 2.79. The number of carbonyl (C=O) groups excluding carboxylic acids is 1. The lowest BCUT2D eigenvalue weighted by Crippen LogP contribution is -2.16. The summed E-state index contributed by atoms with van der Waals surface area (Å²) in [5.41, 5.74) is 4.69. The first-order valence-electron chi connectivity index (χ1n) is 2.91. The molecule has 0 spiro atoms. The van der Waals surface area contributed by atoms with E-state index >= 15 is 0 Å². The largest absolute Gasteiger partial charge is 0.410 e. The lowest BCUT2D eigenvalue weighted by Gasteiger charge is -1.98. The summed E-state index contributed by atoms with van der Waals surface area (Å²) in [5.74, 6) is -0.360. The Labute approximate surface area is 62.6 Å². The number of rotatable bonds is 1. The molecule has 1 aromatic rings. The SMILES string of the molecule is NC(=O)Oc1cccc(F)c1. The van der Waals surface area contributed by atoms with Crippen molar-refractivity contribution in [3.63, 3.8) is 0 Å². The van der Waals surface area contributed by atoms with Crippen LogP contribution in [0.3, 0.4) is 0 Å². The van der Waals surface area contributed by atoms with Crippen LogP contribution in [0.4, 0.5) is 9.18 Å². The fraction of sp³-hybridized carbons (Fsp3) is 0. The van der Waals surface area contributed by atoms with Crippen molar-refractivity contribution in [3.05, 3.63) is 30.1 Å². The minimum atomic E-state index is -0.949. The second-order valence-corrected chi connectivity index (χ2v) is 1.88. The van der Waals surface area contributed by atoms with E-state index in [4.69, 9.17) is 5.73 Å². The van der Waals surface area contributed by atoms with Crippen molar-refractivity contribution in [2.24, 2.45) is 5.73 Å². The molecule has 0 aliphatic heterocycles. The van der Waals surface area contributed by atoms with Gasteiger partial charge in [-0.05, 0) is 12.1 Å². The molecular weight excluding hydrogens is 149 g/mol. The Morgan fingerprint density at radius 3 is 2.82 bits per heavy atom. The topological polar surface area (TPSA) is 52.3 Å². The molecule has 0 bridgehead atoms. The van der Waals surface area contributed by atoms with Crippen LogP contribution in [0.15, 0.2) is 24.3 Å². The maximum Gasteiger partial charge on any atom is 0.409 e. The lowest BCUT2D eigenvalue weighted by atomic mass is 10.3. The zero-order valence-corrected chi connectivity index (χ0v) is 5.58. The van der Waals surface area contributed by atoms with Crippen LogP contribution in [0.1, 0.15) is 0 Å². The van der Waals surface area contributed by atoms with E-state index in [-0.39, 0.29) is 5.75 Å². The first kappa shape index (κ1) is 7.53. The summed E-state index contributed by atoms with van der Waals surface area (Å²) >= 11 is 0. The highest BCUT2D eigenvalue weighted by molar-refractivity contribution is 5.67. The van der Waals surface area contributed by atoms with Crippen molar-refractivity contribution in [2.45, 2.75) is 0 Å². The van der Waals surface area contributed by atoms with Crippen LogP contribution in [0.2, 0.25) is 0 Å². The van der Waals surface area contributed by atoms with Gasteiger partial charge in [-0.2, -0.15) is 0 Å². The van der Waals surface area contributed by atoms with Gasteiger partial charge < -0.3 is 10.5 Å². The third-order valence-electron chi connectivity index (χ3n) is 1.01. The number of carbonyl (C=O) groups is 1. The molecule has 0 aliphatic carbocycles. The van der Waals surface area contributed by atoms with Crippen molar-refractivity contribution in [1.29, 1.82) is 0 Å². The number of ether oxygens (including phenoxy) is 1. The third kappa shape index (κ3) is 2.25. The van der Waals surface area contributed by atoms with Crippen LogP contribution in [0.5, 0.6) is 5.75 Å². The van der Waals surface area contributed by atoms with Gasteiger partial charge in [0.05, 0.1) is 0 Å². The molecule has 2 N–H and O–H groups in total. The smallest absolute Gasteiger partial charge is 0.409 e. The highest BCUT2D eigenvalue weighted by atomic mass is 19.1. The van der Waals surface area contributed by atoms with E-state index in [0.29, 0.717) is 0 Å². The summed E-state index contributed by atoms with van der Waals surface area (Å²) in [6.07, 6.45) is -0.949. The summed E-state index contributed by atoms with van der Waals surface area (Å²) in [6, 6.07) is 5.18. The van der Waals surface area contributed by atoms with Crippen LogP contribution in [0, 0.1) is 5.82 Å². The summed E-state index contributed by atoms with van der Waals surface area (Å²) in [7, 11) is 0. The molecule has 11 heavy (non-hydrogen) atoms. The number of halogens is 1. The molecule has 0 fully saturated rings. The fourth-order valence-corrected chi connectivity index (χ4v) is 0.647. The van der Waals surface area contributed by atoms with Gasteiger partial charge in [-0.3, -0.25) is 0 Å². The van der Waals surface area contributed by atoms with E-state index in [9.17, 15) is 9.18 Å². The molecular formula is C7H6FNO2.